The van der Waals surface area contributed by atoms with Crippen LogP contribution in [0.15, 0.2) is 30.3 Å². The minimum Gasteiger partial charge on any atom is -0.374 e. The number of carbonyl (C=O) groups excluding carboxylic acids is 1. The topological polar surface area (TPSA) is 71.1 Å². The van der Waals surface area contributed by atoms with Crippen LogP contribution in [-0.4, -0.2) is 45.2 Å². The molecule has 132 valence electrons. The lowest BCUT2D eigenvalue weighted by molar-refractivity contribution is -0.142. The van der Waals surface area contributed by atoms with Crippen LogP contribution >= 0.6 is 0 Å². The van der Waals surface area contributed by atoms with Crippen LogP contribution < -0.4 is 0 Å². The number of nitrogens with one attached hydrogen (secondary N) is 1. The molecule has 1 aromatic carbocycles. The number of carbonyl (C=O) groups is 1. The number of H-pyrrole nitrogens is 1. The zero-order valence-corrected chi connectivity index (χ0v) is 14.8. The molecule has 1 saturated carbocycles. The van der Waals surface area contributed by atoms with E-state index in [4.69, 9.17) is 4.74 Å². The first-order valence-corrected chi connectivity index (χ1v) is 8.86. The normalized spacial score (nSPS) is 28.1. The number of fused-ring (bicyclic) bond motifs is 2. The lowest BCUT2D eigenvalue weighted by Crippen LogP contribution is -2.45. The van der Waals surface area contributed by atoms with Crippen molar-refractivity contribution in [2.24, 2.45) is 5.41 Å². The fourth-order valence-corrected chi connectivity index (χ4v) is 4.28. The Morgan fingerprint density at radius 1 is 1.32 bits per heavy atom. The number of aromatic nitrogens is 3. The number of benzene rings is 1. The highest BCUT2D eigenvalue weighted by Crippen LogP contribution is 2.50. The molecule has 0 radical (unpaired) electrons. The van der Waals surface area contributed by atoms with Crippen LogP contribution in [-0.2, 0) is 16.1 Å². The van der Waals surface area contributed by atoms with E-state index in [9.17, 15) is 4.79 Å². The summed E-state index contributed by atoms with van der Waals surface area (Å²) in [6, 6.07) is 9.82. The number of ether oxygens (including phenoxy) is 1. The average molecular weight is 340 g/mol. The standard InChI is InChI=1S/C19H24N4O2/c1-18-9-6-10-19(12-18,13-25-18)17(24)23(2)11-15-20-16(22-21-15)14-7-4-3-5-8-14/h3-5,7-8H,6,9-13H2,1-2H3,(H,20,21,22). The quantitative estimate of drug-likeness (QED) is 0.929. The molecule has 2 heterocycles. The van der Waals surface area contributed by atoms with Gasteiger partial charge in [0.1, 0.15) is 5.82 Å². The summed E-state index contributed by atoms with van der Waals surface area (Å²) < 4.78 is 5.97. The molecule has 1 aliphatic heterocycles. The van der Waals surface area contributed by atoms with Crippen molar-refractivity contribution in [1.29, 1.82) is 0 Å². The second-order valence-electron chi connectivity index (χ2n) is 7.68. The highest BCUT2D eigenvalue weighted by atomic mass is 16.5. The third kappa shape index (κ3) is 2.95. The Morgan fingerprint density at radius 2 is 2.12 bits per heavy atom. The van der Waals surface area contributed by atoms with Gasteiger partial charge in [-0.05, 0) is 32.6 Å². The second-order valence-corrected chi connectivity index (χ2v) is 7.68. The van der Waals surface area contributed by atoms with Gasteiger partial charge in [-0.2, -0.15) is 5.10 Å². The summed E-state index contributed by atoms with van der Waals surface area (Å²) in [5.41, 5.74) is 0.482. The monoisotopic (exact) mass is 340 g/mol. The van der Waals surface area contributed by atoms with Gasteiger partial charge in [0.25, 0.3) is 0 Å². The molecule has 2 aromatic rings. The number of nitrogens with zero attached hydrogens (tertiary/aromatic N) is 3. The van der Waals surface area contributed by atoms with Crippen molar-refractivity contribution >= 4 is 5.91 Å². The van der Waals surface area contributed by atoms with Crippen molar-refractivity contribution in [3.05, 3.63) is 36.2 Å². The summed E-state index contributed by atoms with van der Waals surface area (Å²) in [5.74, 6) is 1.52. The van der Waals surface area contributed by atoms with Gasteiger partial charge < -0.3 is 9.64 Å². The summed E-state index contributed by atoms with van der Waals surface area (Å²) in [4.78, 5) is 19.4. The maximum Gasteiger partial charge on any atom is 0.231 e. The molecule has 0 spiro atoms. The second kappa shape index (κ2) is 5.95. The molecule has 4 rings (SSSR count). The molecule has 2 atom stereocenters. The van der Waals surface area contributed by atoms with Crippen LogP contribution in [0.25, 0.3) is 11.4 Å². The predicted octanol–water partition coefficient (Wildman–Crippen LogP) is 2.78. The molecular formula is C19H24N4O2. The molecule has 2 unspecified atom stereocenters. The van der Waals surface area contributed by atoms with Crippen LogP contribution in [0.3, 0.4) is 0 Å². The predicted molar refractivity (Wildman–Crippen MR) is 93.6 cm³/mol. The highest BCUT2D eigenvalue weighted by Gasteiger charge is 2.54. The third-order valence-electron chi connectivity index (χ3n) is 5.52. The van der Waals surface area contributed by atoms with E-state index in [-0.39, 0.29) is 16.9 Å². The summed E-state index contributed by atoms with van der Waals surface area (Å²) in [7, 11) is 1.84. The van der Waals surface area contributed by atoms with Gasteiger partial charge in [-0.3, -0.25) is 9.89 Å². The van der Waals surface area contributed by atoms with Gasteiger partial charge >= 0.3 is 0 Å². The van der Waals surface area contributed by atoms with Gasteiger partial charge in [-0.1, -0.05) is 30.3 Å². The van der Waals surface area contributed by atoms with E-state index in [0.29, 0.717) is 24.8 Å². The zero-order chi connectivity index (χ0) is 17.5. The number of hydrogen-bond acceptors (Lipinski definition) is 4. The van der Waals surface area contributed by atoms with Crippen molar-refractivity contribution in [2.75, 3.05) is 13.7 Å². The maximum atomic E-state index is 13.1. The van der Waals surface area contributed by atoms with E-state index >= 15 is 0 Å². The van der Waals surface area contributed by atoms with Crippen molar-refractivity contribution in [2.45, 2.75) is 44.8 Å². The Labute approximate surface area is 147 Å². The molecule has 1 N–H and O–H groups in total. The first-order valence-electron chi connectivity index (χ1n) is 8.86. The van der Waals surface area contributed by atoms with Gasteiger partial charge in [0.2, 0.25) is 5.91 Å². The molecule has 1 saturated heterocycles. The Balaban J connectivity index is 1.46. The average Bonchev–Trinajstić information content (AvgIpc) is 3.17. The molecule has 6 heteroatoms. The molecule has 2 bridgehead atoms. The summed E-state index contributed by atoms with van der Waals surface area (Å²) in [5, 5.41) is 7.22. The molecule has 1 amide bonds. The van der Waals surface area contributed by atoms with E-state index in [1.54, 1.807) is 4.90 Å². The zero-order valence-electron chi connectivity index (χ0n) is 14.8. The summed E-state index contributed by atoms with van der Waals surface area (Å²) >= 11 is 0. The SMILES string of the molecule is CN(Cc1nc(-c2ccccc2)n[nH]1)C(=O)C12CCCC(C)(C1)OC2. The lowest BCUT2D eigenvalue weighted by Gasteiger charge is -2.36. The Kier molecular flexibility index (Phi) is 3.87. The fourth-order valence-electron chi connectivity index (χ4n) is 4.28. The lowest BCUT2D eigenvalue weighted by atomic mass is 9.70. The molecule has 1 aromatic heterocycles. The van der Waals surface area contributed by atoms with Crippen molar-refractivity contribution in [3.63, 3.8) is 0 Å². The van der Waals surface area contributed by atoms with Crippen LogP contribution in [0.4, 0.5) is 0 Å². The molecule has 2 aliphatic rings. The van der Waals surface area contributed by atoms with Crippen LogP contribution in [0.2, 0.25) is 0 Å². The molecule has 1 aliphatic carbocycles. The van der Waals surface area contributed by atoms with Gasteiger partial charge in [-0.15, -0.1) is 0 Å². The van der Waals surface area contributed by atoms with E-state index in [2.05, 4.69) is 22.1 Å². The minimum absolute atomic E-state index is 0.124. The fraction of sp³-hybridized carbons (Fsp3) is 0.526. The van der Waals surface area contributed by atoms with Gasteiger partial charge in [-0.25, -0.2) is 4.98 Å². The van der Waals surface area contributed by atoms with Crippen molar-refractivity contribution in [3.8, 4) is 11.4 Å². The van der Waals surface area contributed by atoms with Crippen LogP contribution in [0.5, 0.6) is 0 Å². The van der Waals surface area contributed by atoms with E-state index in [1.165, 1.54) is 0 Å². The van der Waals surface area contributed by atoms with Gasteiger partial charge in [0.05, 0.1) is 24.2 Å². The maximum absolute atomic E-state index is 13.1. The number of amides is 1. The molecular weight excluding hydrogens is 316 g/mol. The summed E-state index contributed by atoms with van der Waals surface area (Å²) in [6.45, 7) is 3.10. The first kappa shape index (κ1) is 16.3. The molecule has 2 fully saturated rings. The Hall–Kier alpha value is -2.21. The number of aromatic amines is 1. The van der Waals surface area contributed by atoms with E-state index < -0.39 is 0 Å². The Bertz CT molecular complexity index is 775. The number of rotatable bonds is 4. The largest absolute Gasteiger partial charge is 0.374 e. The minimum atomic E-state index is -0.357. The highest BCUT2D eigenvalue weighted by molar-refractivity contribution is 5.83. The first-order chi connectivity index (χ1) is 12.0. The van der Waals surface area contributed by atoms with Crippen LogP contribution in [0.1, 0.15) is 38.4 Å². The van der Waals surface area contributed by atoms with Crippen molar-refractivity contribution < 1.29 is 9.53 Å². The van der Waals surface area contributed by atoms with Gasteiger partial charge in [0.15, 0.2) is 5.82 Å². The Morgan fingerprint density at radius 3 is 2.92 bits per heavy atom. The van der Waals surface area contributed by atoms with Gasteiger partial charge in [0, 0.05) is 12.6 Å². The van der Waals surface area contributed by atoms with E-state index in [0.717, 1.165) is 31.2 Å². The smallest absolute Gasteiger partial charge is 0.231 e. The molecule has 6 nitrogen and oxygen atoms in total. The molecule has 25 heavy (non-hydrogen) atoms. The van der Waals surface area contributed by atoms with Crippen molar-refractivity contribution in [1.82, 2.24) is 20.1 Å². The third-order valence-corrected chi connectivity index (χ3v) is 5.52. The van der Waals surface area contributed by atoms with Crippen LogP contribution in [0, 0.1) is 5.41 Å². The number of hydrogen-bond donors (Lipinski definition) is 1. The summed E-state index contributed by atoms with van der Waals surface area (Å²) in [6.07, 6.45) is 3.84. The van der Waals surface area contributed by atoms with E-state index in [1.807, 2.05) is 37.4 Å².